The lowest BCUT2D eigenvalue weighted by atomic mass is 10.0. The average molecular weight is 532 g/mol. The minimum absolute atomic E-state index is 0.606. The van der Waals surface area contributed by atoms with Crippen LogP contribution >= 0.6 is 0 Å². The fraction of sp³-hybridized carbons (Fsp3) is 0.917. The maximum absolute atomic E-state index is 2.56. The molecule has 0 unspecified atom stereocenters. The van der Waals surface area contributed by atoms with Gasteiger partial charge in [0.1, 0.15) is 12.4 Å². The second-order valence-corrected chi connectivity index (χ2v) is 12.7. The Hall–Kier alpha value is -0.790. The summed E-state index contributed by atoms with van der Waals surface area (Å²) in [5.41, 5.74) is 0. The number of nitrogens with zero attached hydrogens (tertiary/aromatic N) is 2. The summed E-state index contributed by atoms with van der Waals surface area (Å²) in [5, 5.41) is 0. The molecule has 38 heavy (non-hydrogen) atoms. The molecule has 0 atom stereocenters. The van der Waals surface area contributed by atoms with Gasteiger partial charge in [0.25, 0.3) is 5.82 Å². The van der Waals surface area contributed by atoms with Gasteiger partial charge in [-0.1, -0.05) is 169 Å². The fourth-order valence-corrected chi connectivity index (χ4v) is 6.12. The molecule has 0 saturated heterocycles. The Bertz CT molecular complexity index is 555. The summed E-state index contributed by atoms with van der Waals surface area (Å²) < 4.78 is 5.12. The Morgan fingerprint density at radius 3 is 1.21 bits per heavy atom. The van der Waals surface area contributed by atoms with Gasteiger partial charge < -0.3 is 0 Å². The third kappa shape index (κ3) is 19.3. The molecule has 0 bridgehead atoms. The van der Waals surface area contributed by atoms with Crippen LogP contribution in [-0.2, 0) is 13.1 Å². The van der Waals surface area contributed by atoms with Gasteiger partial charge >= 0.3 is 0 Å². The molecule has 0 saturated carbocycles. The molecule has 1 heterocycles. The summed E-state index contributed by atoms with van der Waals surface area (Å²) in [5.74, 6) is 2.15. The Balaban J connectivity index is 2.04. The number of unbranched alkanes of at least 4 members (excludes halogenated alkanes) is 24. The van der Waals surface area contributed by atoms with Crippen LogP contribution in [0.1, 0.15) is 206 Å². The van der Waals surface area contributed by atoms with Gasteiger partial charge in [-0.25, -0.2) is 9.13 Å². The Morgan fingerprint density at radius 2 is 0.842 bits per heavy atom. The van der Waals surface area contributed by atoms with E-state index >= 15 is 0 Å². The van der Waals surface area contributed by atoms with Gasteiger partial charge in [0, 0.05) is 0 Å². The third-order valence-electron chi connectivity index (χ3n) is 8.54. The molecule has 0 aromatic carbocycles. The molecule has 1 aromatic heterocycles. The first-order valence-electron chi connectivity index (χ1n) is 17.8. The molecule has 0 N–H and O–H groups in total. The summed E-state index contributed by atoms with van der Waals surface area (Å²) in [6.45, 7) is 11.8. The van der Waals surface area contributed by atoms with E-state index in [1.807, 2.05) is 0 Å². The van der Waals surface area contributed by atoms with Crippen molar-refractivity contribution >= 4 is 0 Å². The zero-order valence-corrected chi connectivity index (χ0v) is 26.9. The van der Waals surface area contributed by atoms with Gasteiger partial charge in [-0.2, -0.15) is 0 Å². The zero-order chi connectivity index (χ0) is 27.5. The van der Waals surface area contributed by atoms with Crippen molar-refractivity contribution in [1.82, 2.24) is 4.57 Å². The van der Waals surface area contributed by atoms with Crippen molar-refractivity contribution in [2.24, 2.45) is 0 Å². The van der Waals surface area contributed by atoms with Crippen molar-refractivity contribution in [3.8, 4) is 0 Å². The van der Waals surface area contributed by atoms with E-state index in [1.165, 1.54) is 180 Å². The Labute approximate surface area is 240 Å². The van der Waals surface area contributed by atoms with Crippen LogP contribution in [0.4, 0.5) is 0 Å². The molecule has 1 aromatic rings. The minimum atomic E-state index is 0.606. The molecular weight excluding hydrogens is 460 g/mol. The van der Waals surface area contributed by atoms with E-state index in [0.29, 0.717) is 5.92 Å². The van der Waals surface area contributed by atoms with E-state index in [4.69, 9.17) is 0 Å². The zero-order valence-electron chi connectivity index (χ0n) is 26.9. The molecule has 0 fully saturated rings. The second kappa shape index (κ2) is 26.4. The average Bonchev–Trinajstić information content (AvgIpc) is 3.32. The van der Waals surface area contributed by atoms with E-state index in [2.05, 4.69) is 49.2 Å². The monoisotopic (exact) mass is 532 g/mol. The highest BCUT2D eigenvalue weighted by molar-refractivity contribution is 4.89. The third-order valence-corrected chi connectivity index (χ3v) is 8.54. The SMILES string of the molecule is CCCCCCCCCCCCCCCn1cc[n+](CCCCCCCCCCCCCCC)c1C(C)C. The number of rotatable bonds is 29. The molecule has 0 spiro atoms. The predicted octanol–water partition coefficient (Wildman–Crippen LogP) is 12.1. The summed E-state index contributed by atoms with van der Waals surface area (Å²) in [7, 11) is 0. The number of hydrogen-bond donors (Lipinski definition) is 0. The van der Waals surface area contributed by atoms with E-state index in [-0.39, 0.29) is 0 Å². The largest absolute Gasteiger partial charge is 0.258 e. The van der Waals surface area contributed by atoms with Crippen LogP contribution in [-0.4, -0.2) is 4.57 Å². The highest BCUT2D eigenvalue weighted by Crippen LogP contribution is 2.16. The molecule has 1 rings (SSSR count). The van der Waals surface area contributed by atoms with E-state index < -0.39 is 0 Å². The highest BCUT2D eigenvalue weighted by Gasteiger charge is 2.20. The number of imidazole rings is 1. The standard InChI is InChI=1S/C36H71N2/c1-5-7-9-11-13-15-17-19-21-23-25-27-29-31-37-33-34-38(36(37)35(3)4)32-30-28-26-24-22-20-18-16-14-12-10-8-6-2/h33-35H,5-32H2,1-4H3/q+1. The van der Waals surface area contributed by atoms with Crippen LogP contribution in [0.25, 0.3) is 0 Å². The van der Waals surface area contributed by atoms with Crippen LogP contribution in [0.3, 0.4) is 0 Å². The van der Waals surface area contributed by atoms with Gasteiger partial charge in [0.05, 0.1) is 19.0 Å². The minimum Gasteiger partial charge on any atom is -0.234 e. The van der Waals surface area contributed by atoms with Crippen LogP contribution < -0.4 is 4.57 Å². The van der Waals surface area contributed by atoms with Crippen molar-refractivity contribution in [3.63, 3.8) is 0 Å². The van der Waals surface area contributed by atoms with Crippen molar-refractivity contribution in [1.29, 1.82) is 0 Å². The summed E-state index contributed by atoms with van der Waals surface area (Å²) in [6.07, 6.45) is 42.0. The lowest BCUT2D eigenvalue weighted by Crippen LogP contribution is -2.38. The van der Waals surface area contributed by atoms with Crippen LogP contribution in [0.15, 0.2) is 12.4 Å². The van der Waals surface area contributed by atoms with Gasteiger partial charge in [-0.3, -0.25) is 0 Å². The topological polar surface area (TPSA) is 8.81 Å². The first-order valence-corrected chi connectivity index (χ1v) is 17.8. The summed E-state index contributed by atoms with van der Waals surface area (Å²) >= 11 is 0. The van der Waals surface area contributed by atoms with Crippen molar-refractivity contribution in [3.05, 3.63) is 18.2 Å². The summed E-state index contributed by atoms with van der Waals surface area (Å²) in [4.78, 5) is 0. The van der Waals surface area contributed by atoms with Crippen LogP contribution in [0, 0.1) is 0 Å². The Morgan fingerprint density at radius 1 is 0.500 bits per heavy atom. The van der Waals surface area contributed by atoms with Gasteiger partial charge in [-0.05, 0) is 25.7 Å². The van der Waals surface area contributed by atoms with Crippen molar-refractivity contribution in [2.45, 2.75) is 214 Å². The second-order valence-electron chi connectivity index (χ2n) is 12.7. The molecule has 0 aliphatic carbocycles. The summed E-state index contributed by atoms with van der Waals surface area (Å²) in [6, 6.07) is 0. The van der Waals surface area contributed by atoms with Gasteiger partial charge in [-0.15, -0.1) is 0 Å². The predicted molar refractivity (Wildman–Crippen MR) is 170 cm³/mol. The maximum Gasteiger partial charge on any atom is 0.258 e. The fourth-order valence-electron chi connectivity index (χ4n) is 6.12. The quantitative estimate of drug-likeness (QED) is 0.0717. The number of aryl methyl sites for hydroxylation is 2. The van der Waals surface area contributed by atoms with Crippen LogP contribution in [0.5, 0.6) is 0 Å². The molecule has 224 valence electrons. The molecule has 2 heteroatoms. The van der Waals surface area contributed by atoms with Crippen molar-refractivity contribution in [2.75, 3.05) is 0 Å². The normalized spacial score (nSPS) is 11.7. The molecule has 2 nitrogen and oxygen atoms in total. The molecule has 0 amide bonds. The van der Waals surface area contributed by atoms with Crippen LogP contribution in [0.2, 0.25) is 0 Å². The smallest absolute Gasteiger partial charge is 0.234 e. The number of hydrogen-bond acceptors (Lipinski definition) is 0. The van der Waals surface area contributed by atoms with Gasteiger partial charge in [0.2, 0.25) is 0 Å². The van der Waals surface area contributed by atoms with E-state index in [9.17, 15) is 0 Å². The van der Waals surface area contributed by atoms with Gasteiger partial charge in [0.15, 0.2) is 0 Å². The first-order chi connectivity index (χ1) is 18.7. The molecular formula is C36H71N2+. The first kappa shape index (κ1) is 35.2. The molecule has 0 radical (unpaired) electrons. The van der Waals surface area contributed by atoms with E-state index in [0.717, 1.165) is 0 Å². The Kier molecular flexibility index (Phi) is 24.5. The lowest BCUT2D eigenvalue weighted by Gasteiger charge is -2.08. The lowest BCUT2D eigenvalue weighted by molar-refractivity contribution is -0.705. The molecule has 0 aliphatic rings. The maximum atomic E-state index is 2.56. The number of aromatic nitrogens is 2. The van der Waals surface area contributed by atoms with E-state index in [1.54, 1.807) is 5.82 Å². The van der Waals surface area contributed by atoms with Crippen molar-refractivity contribution < 1.29 is 4.57 Å². The molecule has 0 aliphatic heterocycles. The highest BCUT2D eigenvalue weighted by atomic mass is 15.1.